The molecule has 20 heavy (non-hydrogen) atoms. The summed E-state index contributed by atoms with van der Waals surface area (Å²) in [4.78, 5) is 21.5. The summed E-state index contributed by atoms with van der Waals surface area (Å²) in [7, 11) is 0. The van der Waals surface area contributed by atoms with Crippen molar-refractivity contribution in [1.82, 2.24) is 0 Å². The SMILES string of the molecule is NC(=O)c1ccc(Nc2cccc(N)c2)c([N+](=O)[O-])c1. The number of benzene rings is 2. The Morgan fingerprint density at radius 2 is 1.95 bits per heavy atom. The van der Waals surface area contributed by atoms with Crippen molar-refractivity contribution in [2.75, 3.05) is 11.1 Å². The molecular formula is C13H12N4O3. The minimum Gasteiger partial charge on any atom is -0.399 e. The van der Waals surface area contributed by atoms with Gasteiger partial charge in [0.2, 0.25) is 5.91 Å². The first kappa shape index (κ1) is 13.3. The fraction of sp³-hybridized carbons (Fsp3) is 0. The maximum Gasteiger partial charge on any atom is 0.293 e. The van der Waals surface area contributed by atoms with E-state index in [2.05, 4.69) is 5.32 Å². The number of nitro benzene ring substituents is 1. The van der Waals surface area contributed by atoms with E-state index in [0.29, 0.717) is 11.4 Å². The minimum atomic E-state index is -0.719. The molecule has 7 heteroatoms. The second-order valence-electron chi connectivity index (χ2n) is 4.10. The van der Waals surface area contributed by atoms with Gasteiger partial charge in [-0.3, -0.25) is 14.9 Å². The van der Waals surface area contributed by atoms with Crippen LogP contribution in [0.15, 0.2) is 42.5 Å². The molecule has 7 nitrogen and oxygen atoms in total. The molecule has 0 radical (unpaired) electrons. The Balaban J connectivity index is 2.41. The Kier molecular flexibility index (Phi) is 3.52. The number of nitrogens with zero attached hydrogens (tertiary/aromatic N) is 1. The second kappa shape index (κ2) is 5.27. The van der Waals surface area contributed by atoms with E-state index in [4.69, 9.17) is 11.5 Å². The topological polar surface area (TPSA) is 124 Å². The number of nitro groups is 1. The standard InChI is InChI=1S/C13H12N4O3/c14-9-2-1-3-10(7-9)16-11-5-4-8(13(15)18)6-12(11)17(19)20/h1-7,16H,14H2,(H2,15,18). The Hall–Kier alpha value is -3.09. The van der Waals surface area contributed by atoms with E-state index < -0.39 is 10.8 Å². The van der Waals surface area contributed by atoms with Crippen molar-refractivity contribution >= 4 is 28.7 Å². The Morgan fingerprint density at radius 3 is 2.55 bits per heavy atom. The average Bonchev–Trinajstić information content (AvgIpc) is 2.38. The van der Waals surface area contributed by atoms with Crippen LogP contribution in [-0.4, -0.2) is 10.8 Å². The number of amides is 1. The molecule has 0 atom stereocenters. The summed E-state index contributed by atoms with van der Waals surface area (Å²) in [5.41, 5.74) is 12.0. The second-order valence-corrected chi connectivity index (χ2v) is 4.10. The summed E-state index contributed by atoms with van der Waals surface area (Å²) >= 11 is 0. The highest BCUT2D eigenvalue weighted by molar-refractivity contribution is 5.94. The van der Waals surface area contributed by atoms with Gasteiger partial charge in [0.15, 0.2) is 0 Å². The highest BCUT2D eigenvalue weighted by Crippen LogP contribution is 2.29. The third-order valence-corrected chi connectivity index (χ3v) is 2.64. The monoisotopic (exact) mass is 272 g/mol. The van der Waals surface area contributed by atoms with E-state index in [1.165, 1.54) is 12.1 Å². The Morgan fingerprint density at radius 1 is 1.20 bits per heavy atom. The summed E-state index contributed by atoms with van der Waals surface area (Å²) < 4.78 is 0. The van der Waals surface area contributed by atoms with E-state index in [9.17, 15) is 14.9 Å². The van der Waals surface area contributed by atoms with Crippen LogP contribution in [0.5, 0.6) is 0 Å². The van der Waals surface area contributed by atoms with E-state index >= 15 is 0 Å². The molecule has 0 aliphatic carbocycles. The van der Waals surface area contributed by atoms with Crippen molar-refractivity contribution in [3.8, 4) is 0 Å². The van der Waals surface area contributed by atoms with Gasteiger partial charge in [-0.2, -0.15) is 0 Å². The first-order chi connectivity index (χ1) is 9.47. The van der Waals surface area contributed by atoms with Crippen LogP contribution in [-0.2, 0) is 0 Å². The summed E-state index contributed by atoms with van der Waals surface area (Å²) in [6.45, 7) is 0. The zero-order valence-corrected chi connectivity index (χ0v) is 10.4. The van der Waals surface area contributed by atoms with Gasteiger partial charge in [-0.25, -0.2) is 0 Å². The molecule has 5 N–H and O–H groups in total. The molecule has 0 saturated heterocycles. The van der Waals surface area contributed by atoms with Gasteiger partial charge in [0.1, 0.15) is 5.69 Å². The maximum atomic E-state index is 11.1. The van der Waals surface area contributed by atoms with Crippen LogP contribution in [0.4, 0.5) is 22.7 Å². The molecule has 0 saturated carbocycles. The fourth-order valence-corrected chi connectivity index (χ4v) is 1.71. The predicted octanol–water partition coefficient (Wildman–Crippen LogP) is 2.02. The van der Waals surface area contributed by atoms with E-state index in [-0.39, 0.29) is 16.9 Å². The van der Waals surface area contributed by atoms with Crippen LogP contribution in [0.3, 0.4) is 0 Å². The molecule has 0 aliphatic heterocycles. The van der Waals surface area contributed by atoms with Crippen molar-refractivity contribution in [3.05, 3.63) is 58.1 Å². The lowest BCUT2D eigenvalue weighted by Crippen LogP contribution is -2.11. The molecule has 1 amide bonds. The highest BCUT2D eigenvalue weighted by Gasteiger charge is 2.16. The zero-order chi connectivity index (χ0) is 14.7. The Bertz CT molecular complexity index is 685. The van der Waals surface area contributed by atoms with Gasteiger partial charge in [-0.05, 0) is 30.3 Å². The lowest BCUT2D eigenvalue weighted by molar-refractivity contribution is -0.383. The number of hydrogen-bond acceptors (Lipinski definition) is 5. The van der Waals surface area contributed by atoms with Crippen LogP contribution in [0, 0.1) is 10.1 Å². The van der Waals surface area contributed by atoms with Gasteiger partial charge < -0.3 is 16.8 Å². The van der Waals surface area contributed by atoms with Gasteiger partial charge in [-0.15, -0.1) is 0 Å². The minimum absolute atomic E-state index is 0.0785. The number of hydrogen-bond donors (Lipinski definition) is 3. The van der Waals surface area contributed by atoms with Crippen molar-refractivity contribution in [2.24, 2.45) is 5.73 Å². The van der Waals surface area contributed by atoms with Crippen LogP contribution in [0.1, 0.15) is 10.4 Å². The van der Waals surface area contributed by atoms with E-state index in [0.717, 1.165) is 6.07 Å². The predicted molar refractivity (Wildman–Crippen MR) is 75.8 cm³/mol. The lowest BCUT2D eigenvalue weighted by Gasteiger charge is -2.08. The molecule has 0 aromatic heterocycles. The van der Waals surface area contributed by atoms with Crippen LogP contribution < -0.4 is 16.8 Å². The number of carbonyl (C=O) groups excluding carboxylic acids is 1. The number of nitrogen functional groups attached to an aromatic ring is 1. The summed E-state index contributed by atoms with van der Waals surface area (Å²) in [6, 6.07) is 10.8. The molecule has 2 aromatic carbocycles. The zero-order valence-electron chi connectivity index (χ0n) is 10.4. The number of nitrogens with two attached hydrogens (primary N) is 2. The van der Waals surface area contributed by atoms with Crippen molar-refractivity contribution in [3.63, 3.8) is 0 Å². The molecule has 0 unspecified atom stereocenters. The smallest absolute Gasteiger partial charge is 0.293 e. The molecule has 102 valence electrons. The highest BCUT2D eigenvalue weighted by atomic mass is 16.6. The molecular weight excluding hydrogens is 260 g/mol. The maximum absolute atomic E-state index is 11.1. The number of carbonyl (C=O) groups is 1. The normalized spacial score (nSPS) is 10.0. The summed E-state index contributed by atoms with van der Waals surface area (Å²) in [6.07, 6.45) is 0. The van der Waals surface area contributed by atoms with Crippen LogP contribution >= 0.6 is 0 Å². The van der Waals surface area contributed by atoms with Crippen molar-refractivity contribution < 1.29 is 9.72 Å². The lowest BCUT2D eigenvalue weighted by atomic mass is 10.1. The quantitative estimate of drug-likeness (QED) is 0.446. The molecule has 2 rings (SSSR count). The molecule has 0 aliphatic rings. The van der Waals surface area contributed by atoms with Crippen LogP contribution in [0.2, 0.25) is 0 Å². The summed E-state index contributed by atoms with van der Waals surface area (Å²) in [5.74, 6) is -0.719. The van der Waals surface area contributed by atoms with Gasteiger partial charge in [0.25, 0.3) is 5.69 Å². The fourth-order valence-electron chi connectivity index (χ4n) is 1.71. The summed E-state index contributed by atoms with van der Waals surface area (Å²) in [5, 5.41) is 13.9. The Labute approximate surface area is 114 Å². The third kappa shape index (κ3) is 2.83. The van der Waals surface area contributed by atoms with Crippen LogP contribution in [0.25, 0.3) is 0 Å². The first-order valence-electron chi connectivity index (χ1n) is 5.68. The molecule has 2 aromatic rings. The number of primary amides is 1. The third-order valence-electron chi connectivity index (χ3n) is 2.64. The molecule has 0 fully saturated rings. The van der Waals surface area contributed by atoms with Gasteiger partial charge >= 0.3 is 0 Å². The first-order valence-corrected chi connectivity index (χ1v) is 5.68. The van der Waals surface area contributed by atoms with Crippen molar-refractivity contribution in [1.29, 1.82) is 0 Å². The van der Waals surface area contributed by atoms with Crippen molar-refractivity contribution in [2.45, 2.75) is 0 Å². The van der Waals surface area contributed by atoms with Gasteiger partial charge in [0.05, 0.1) is 4.92 Å². The number of nitrogens with one attached hydrogen (secondary N) is 1. The largest absolute Gasteiger partial charge is 0.399 e. The van der Waals surface area contributed by atoms with E-state index in [1.54, 1.807) is 24.3 Å². The average molecular weight is 272 g/mol. The number of anilines is 3. The van der Waals surface area contributed by atoms with E-state index in [1.807, 2.05) is 0 Å². The number of rotatable bonds is 4. The molecule has 0 heterocycles. The molecule has 0 spiro atoms. The van der Waals surface area contributed by atoms with Gasteiger partial charge in [0, 0.05) is 23.0 Å². The molecule has 0 bridgehead atoms. The van der Waals surface area contributed by atoms with Gasteiger partial charge in [-0.1, -0.05) is 6.07 Å².